The van der Waals surface area contributed by atoms with Crippen LogP contribution in [0.25, 0.3) is 0 Å². The Hall–Kier alpha value is -1.40. The first-order valence-corrected chi connectivity index (χ1v) is 7.83. The molecule has 0 aliphatic heterocycles. The van der Waals surface area contributed by atoms with Crippen molar-refractivity contribution < 1.29 is 4.79 Å². The molecule has 0 aliphatic rings. The molecule has 1 amide bonds. The smallest absolute Gasteiger partial charge is 0.264 e. The van der Waals surface area contributed by atoms with Gasteiger partial charge in [0.1, 0.15) is 11.4 Å². The second kappa shape index (κ2) is 9.03. The van der Waals surface area contributed by atoms with Crippen LogP contribution in [-0.2, 0) is 5.41 Å². The minimum absolute atomic E-state index is 0. The zero-order valence-corrected chi connectivity index (χ0v) is 15.5. The average molecular weight is 345 g/mol. The molecule has 0 bridgehead atoms. The lowest BCUT2D eigenvalue weighted by Gasteiger charge is -2.20. The third-order valence-electron chi connectivity index (χ3n) is 3.56. The van der Waals surface area contributed by atoms with Gasteiger partial charge in [0.05, 0.1) is 5.69 Å². The van der Waals surface area contributed by atoms with Crippen LogP contribution >= 0.6 is 12.4 Å². The van der Waals surface area contributed by atoms with E-state index in [4.69, 9.17) is 5.73 Å². The molecule has 4 N–H and O–H groups in total. The highest BCUT2D eigenvalue weighted by Gasteiger charge is 2.23. The van der Waals surface area contributed by atoms with Crippen LogP contribution < -0.4 is 16.6 Å². The van der Waals surface area contributed by atoms with Crippen LogP contribution in [0.4, 0.5) is 0 Å². The lowest BCUT2D eigenvalue weighted by Crippen LogP contribution is -2.43. The fourth-order valence-electron chi connectivity index (χ4n) is 2.17. The number of H-pyrrole nitrogens is 1. The lowest BCUT2D eigenvalue weighted by atomic mass is 9.95. The van der Waals surface area contributed by atoms with Crippen molar-refractivity contribution in [1.82, 2.24) is 15.3 Å². The average Bonchev–Trinajstić information content (AvgIpc) is 2.41. The summed E-state index contributed by atoms with van der Waals surface area (Å²) in [7, 11) is 0. The van der Waals surface area contributed by atoms with Crippen LogP contribution in [0.2, 0.25) is 0 Å². The van der Waals surface area contributed by atoms with E-state index in [1.165, 1.54) is 0 Å². The number of unbranched alkanes of at least 4 members (excludes halogenated alkanes) is 1. The summed E-state index contributed by atoms with van der Waals surface area (Å²) in [6.07, 6.45) is 2.83. The van der Waals surface area contributed by atoms with E-state index in [1.54, 1.807) is 6.92 Å². The maximum atomic E-state index is 12.4. The summed E-state index contributed by atoms with van der Waals surface area (Å²) in [6, 6.07) is -0.117. The van der Waals surface area contributed by atoms with Gasteiger partial charge in [-0.3, -0.25) is 9.59 Å². The number of aromatic amines is 1. The van der Waals surface area contributed by atoms with Gasteiger partial charge in [-0.2, -0.15) is 0 Å². The molecule has 0 fully saturated rings. The highest BCUT2D eigenvalue weighted by Crippen LogP contribution is 2.17. The Morgan fingerprint density at radius 1 is 1.39 bits per heavy atom. The van der Waals surface area contributed by atoms with Gasteiger partial charge in [0, 0.05) is 18.0 Å². The molecule has 0 saturated heterocycles. The van der Waals surface area contributed by atoms with Gasteiger partial charge in [0.25, 0.3) is 11.5 Å². The SMILES string of the molecule is CCCCC(CN)NC(=O)c1c(C)nc(C(C)(C)C)[nH]c1=O.Cl. The van der Waals surface area contributed by atoms with Gasteiger partial charge in [0.15, 0.2) is 0 Å². The third kappa shape index (κ3) is 5.95. The minimum atomic E-state index is -0.404. The quantitative estimate of drug-likeness (QED) is 0.735. The summed E-state index contributed by atoms with van der Waals surface area (Å²) in [4.78, 5) is 31.7. The van der Waals surface area contributed by atoms with Gasteiger partial charge in [-0.1, -0.05) is 40.5 Å². The minimum Gasteiger partial charge on any atom is -0.348 e. The molecule has 0 saturated carbocycles. The summed E-state index contributed by atoms with van der Waals surface area (Å²) in [5, 5.41) is 2.83. The number of halogens is 1. The second-order valence-corrected chi connectivity index (χ2v) is 6.67. The van der Waals surface area contributed by atoms with Gasteiger partial charge >= 0.3 is 0 Å². The Balaban J connectivity index is 0.00000484. The molecule has 0 aromatic carbocycles. The Morgan fingerprint density at radius 3 is 2.43 bits per heavy atom. The largest absolute Gasteiger partial charge is 0.348 e. The van der Waals surface area contributed by atoms with Crippen LogP contribution in [0.3, 0.4) is 0 Å². The maximum Gasteiger partial charge on any atom is 0.264 e. The van der Waals surface area contributed by atoms with E-state index in [1.807, 2.05) is 20.8 Å². The number of hydrogen-bond donors (Lipinski definition) is 3. The third-order valence-corrected chi connectivity index (χ3v) is 3.56. The van der Waals surface area contributed by atoms with Crippen molar-refractivity contribution in [3.8, 4) is 0 Å². The topological polar surface area (TPSA) is 101 Å². The van der Waals surface area contributed by atoms with Gasteiger partial charge in [-0.25, -0.2) is 4.98 Å². The number of nitrogens with zero attached hydrogens (tertiary/aromatic N) is 1. The second-order valence-electron chi connectivity index (χ2n) is 6.67. The van der Waals surface area contributed by atoms with E-state index in [2.05, 4.69) is 22.2 Å². The number of carbonyl (C=O) groups excluding carboxylic acids is 1. The van der Waals surface area contributed by atoms with Crippen LogP contribution in [0.5, 0.6) is 0 Å². The Labute approximate surface area is 144 Å². The summed E-state index contributed by atoms with van der Waals surface area (Å²) >= 11 is 0. The lowest BCUT2D eigenvalue weighted by molar-refractivity contribution is 0.0933. The van der Waals surface area contributed by atoms with Gasteiger partial charge in [-0.05, 0) is 13.3 Å². The highest BCUT2D eigenvalue weighted by atomic mass is 35.5. The molecule has 23 heavy (non-hydrogen) atoms. The molecule has 1 rings (SSSR count). The molecule has 132 valence electrons. The van der Waals surface area contributed by atoms with Crippen molar-refractivity contribution in [3.05, 3.63) is 27.4 Å². The molecule has 6 nitrogen and oxygen atoms in total. The monoisotopic (exact) mass is 344 g/mol. The van der Waals surface area contributed by atoms with Crippen molar-refractivity contribution in [2.75, 3.05) is 6.54 Å². The van der Waals surface area contributed by atoms with Crippen molar-refractivity contribution in [2.24, 2.45) is 5.73 Å². The van der Waals surface area contributed by atoms with E-state index < -0.39 is 11.5 Å². The summed E-state index contributed by atoms with van der Waals surface area (Å²) in [5.41, 5.74) is 5.52. The van der Waals surface area contributed by atoms with Crippen molar-refractivity contribution in [2.45, 2.75) is 65.3 Å². The molecule has 1 atom stereocenters. The number of rotatable bonds is 6. The van der Waals surface area contributed by atoms with Crippen LogP contribution in [0.15, 0.2) is 4.79 Å². The number of nitrogens with one attached hydrogen (secondary N) is 2. The predicted molar refractivity (Wildman–Crippen MR) is 95.4 cm³/mol. The maximum absolute atomic E-state index is 12.4. The molecule has 1 heterocycles. The van der Waals surface area contributed by atoms with E-state index in [-0.39, 0.29) is 29.4 Å². The van der Waals surface area contributed by atoms with Crippen LogP contribution in [0, 0.1) is 6.92 Å². The number of aromatic nitrogens is 2. The van der Waals surface area contributed by atoms with Crippen molar-refractivity contribution in [3.63, 3.8) is 0 Å². The predicted octanol–water partition coefficient (Wildman–Crippen LogP) is 2.04. The molecule has 0 aliphatic carbocycles. The molecule has 1 unspecified atom stereocenters. The first kappa shape index (κ1) is 21.6. The van der Waals surface area contributed by atoms with E-state index in [9.17, 15) is 9.59 Å². The molecule has 7 heteroatoms. The molecule has 0 radical (unpaired) electrons. The van der Waals surface area contributed by atoms with Gasteiger partial charge in [0.2, 0.25) is 0 Å². The van der Waals surface area contributed by atoms with E-state index >= 15 is 0 Å². The fourth-order valence-corrected chi connectivity index (χ4v) is 2.17. The van der Waals surface area contributed by atoms with E-state index in [0.717, 1.165) is 19.3 Å². The number of carbonyl (C=O) groups is 1. The molecule has 1 aromatic rings. The molecule has 0 spiro atoms. The molecular formula is C16H29ClN4O2. The summed E-state index contributed by atoms with van der Waals surface area (Å²) in [6.45, 7) is 10.00. The molecular weight excluding hydrogens is 316 g/mol. The van der Waals surface area contributed by atoms with Crippen LogP contribution in [-0.4, -0.2) is 28.5 Å². The van der Waals surface area contributed by atoms with Crippen molar-refractivity contribution >= 4 is 18.3 Å². The molecule has 1 aromatic heterocycles. The summed E-state index contributed by atoms with van der Waals surface area (Å²) < 4.78 is 0. The highest BCUT2D eigenvalue weighted by molar-refractivity contribution is 5.95. The number of aryl methyl sites for hydroxylation is 1. The standard InChI is InChI=1S/C16H28N4O2.ClH/c1-6-7-8-11(9-17)19-13(21)12-10(2)18-15(16(3,4)5)20-14(12)22;/h11H,6-9,17H2,1-5H3,(H,19,21)(H,18,20,22);1H. The van der Waals surface area contributed by atoms with Gasteiger partial charge < -0.3 is 16.0 Å². The Morgan fingerprint density at radius 2 is 2.00 bits per heavy atom. The Kier molecular flexibility index (Phi) is 8.48. The van der Waals surface area contributed by atoms with Crippen LogP contribution in [0.1, 0.15) is 68.8 Å². The van der Waals surface area contributed by atoms with E-state index in [0.29, 0.717) is 18.1 Å². The van der Waals surface area contributed by atoms with Gasteiger partial charge in [-0.15, -0.1) is 12.4 Å². The first-order valence-electron chi connectivity index (χ1n) is 7.83. The number of nitrogens with two attached hydrogens (primary N) is 1. The fraction of sp³-hybridized carbons (Fsp3) is 0.688. The zero-order chi connectivity index (χ0) is 16.9. The summed E-state index contributed by atoms with van der Waals surface area (Å²) in [5.74, 6) is 0.172. The van der Waals surface area contributed by atoms with Crippen molar-refractivity contribution in [1.29, 1.82) is 0 Å². The number of hydrogen-bond acceptors (Lipinski definition) is 4. The number of amides is 1. The first-order chi connectivity index (χ1) is 10.2. The normalized spacial score (nSPS) is 12.4. The Bertz CT molecular complexity index is 578. The zero-order valence-electron chi connectivity index (χ0n) is 14.7.